The maximum absolute atomic E-state index is 12.2. The van der Waals surface area contributed by atoms with E-state index in [-0.39, 0.29) is 11.4 Å². The van der Waals surface area contributed by atoms with Gasteiger partial charge in [-0.2, -0.15) is 0 Å². The highest BCUT2D eigenvalue weighted by atomic mass is 79.9. The fourth-order valence-corrected chi connectivity index (χ4v) is 2.59. The Balaban J connectivity index is 2.81. The van der Waals surface area contributed by atoms with E-state index in [0.717, 1.165) is 17.4 Å². The second-order valence-corrected chi connectivity index (χ2v) is 6.01. The Kier molecular flexibility index (Phi) is 5.20. The van der Waals surface area contributed by atoms with Crippen LogP contribution in [-0.4, -0.2) is 30.9 Å². The lowest BCUT2D eigenvalue weighted by Gasteiger charge is -2.25. The molecule has 0 saturated carbocycles. The number of halogens is 1. The summed E-state index contributed by atoms with van der Waals surface area (Å²) in [5.74, 6) is -0.0235. The fourth-order valence-electron chi connectivity index (χ4n) is 1.60. The molecule has 0 aromatic heterocycles. The normalized spacial score (nSPS) is 11.2. The molecule has 0 aliphatic rings. The van der Waals surface area contributed by atoms with Gasteiger partial charge < -0.3 is 10.2 Å². The van der Waals surface area contributed by atoms with Gasteiger partial charge in [0, 0.05) is 36.2 Å². The lowest BCUT2D eigenvalue weighted by molar-refractivity contribution is 0.0912. The number of carbonyl (C=O) groups is 1. The zero-order chi connectivity index (χ0) is 13.8. The molecule has 3 nitrogen and oxygen atoms in total. The van der Waals surface area contributed by atoms with Crippen LogP contribution in [0.3, 0.4) is 0 Å². The van der Waals surface area contributed by atoms with E-state index in [9.17, 15) is 4.79 Å². The molecule has 18 heavy (non-hydrogen) atoms. The van der Waals surface area contributed by atoms with Crippen LogP contribution in [0.15, 0.2) is 24.3 Å². The number of anilines is 1. The number of carbonyl (C=O) groups excluding carboxylic acids is 1. The van der Waals surface area contributed by atoms with Crippen molar-refractivity contribution in [2.24, 2.45) is 0 Å². The van der Waals surface area contributed by atoms with Crippen molar-refractivity contribution in [3.63, 3.8) is 0 Å². The Morgan fingerprint density at radius 2 is 2.06 bits per heavy atom. The van der Waals surface area contributed by atoms with E-state index in [1.165, 1.54) is 0 Å². The average molecular weight is 313 g/mol. The predicted octanol–water partition coefficient (Wildman–Crippen LogP) is 3.05. The summed E-state index contributed by atoms with van der Waals surface area (Å²) in [5.41, 5.74) is 1.53. The van der Waals surface area contributed by atoms with E-state index in [2.05, 4.69) is 21.2 Å². The summed E-state index contributed by atoms with van der Waals surface area (Å²) in [5, 5.41) is 3.93. The molecule has 0 radical (unpaired) electrons. The minimum absolute atomic E-state index is 0.0235. The first-order valence-corrected chi connectivity index (χ1v) is 7.14. The molecule has 0 fully saturated rings. The minimum Gasteiger partial charge on any atom is -0.378 e. The van der Waals surface area contributed by atoms with Gasteiger partial charge in [-0.3, -0.25) is 4.79 Å². The third-order valence-electron chi connectivity index (χ3n) is 2.80. The number of amides is 1. The van der Waals surface area contributed by atoms with Gasteiger partial charge in [0.25, 0.3) is 5.91 Å². The summed E-state index contributed by atoms with van der Waals surface area (Å²) >= 11 is 3.40. The Hall–Kier alpha value is -1.03. The van der Waals surface area contributed by atoms with E-state index in [1.54, 1.807) is 0 Å². The van der Waals surface area contributed by atoms with Crippen molar-refractivity contribution >= 4 is 27.5 Å². The summed E-state index contributed by atoms with van der Waals surface area (Å²) in [6.45, 7) is 4.06. The summed E-state index contributed by atoms with van der Waals surface area (Å²) in [4.78, 5) is 14.2. The highest BCUT2D eigenvalue weighted by Crippen LogP contribution is 2.15. The standard InChI is InChI=1S/C14H21BrN2O/c1-14(2,8-9-15)16-13(18)11-6-5-7-12(10-11)17(3)4/h5-7,10H,8-9H2,1-4H3,(H,16,18). The third-order valence-corrected chi connectivity index (χ3v) is 3.19. The molecule has 0 spiro atoms. The number of alkyl halides is 1. The van der Waals surface area contributed by atoms with Crippen molar-refractivity contribution in [1.82, 2.24) is 5.32 Å². The summed E-state index contributed by atoms with van der Waals surface area (Å²) in [6, 6.07) is 7.63. The van der Waals surface area contributed by atoms with Gasteiger partial charge in [-0.1, -0.05) is 22.0 Å². The molecule has 1 N–H and O–H groups in total. The van der Waals surface area contributed by atoms with Gasteiger partial charge in [0.2, 0.25) is 0 Å². The highest BCUT2D eigenvalue weighted by Gasteiger charge is 2.20. The van der Waals surface area contributed by atoms with Crippen molar-refractivity contribution in [2.75, 3.05) is 24.3 Å². The van der Waals surface area contributed by atoms with Gasteiger partial charge in [0.1, 0.15) is 0 Å². The second-order valence-electron chi connectivity index (χ2n) is 5.22. The molecule has 1 aromatic rings. The molecule has 1 rings (SSSR count). The first-order valence-electron chi connectivity index (χ1n) is 6.01. The molecule has 0 bridgehead atoms. The van der Waals surface area contributed by atoms with E-state index >= 15 is 0 Å². The van der Waals surface area contributed by atoms with E-state index in [0.29, 0.717) is 5.56 Å². The van der Waals surface area contributed by atoms with E-state index in [4.69, 9.17) is 0 Å². The van der Waals surface area contributed by atoms with Crippen LogP contribution in [0.1, 0.15) is 30.6 Å². The van der Waals surface area contributed by atoms with Crippen LogP contribution in [0.4, 0.5) is 5.69 Å². The summed E-state index contributed by atoms with van der Waals surface area (Å²) < 4.78 is 0. The van der Waals surface area contributed by atoms with Crippen molar-refractivity contribution in [3.8, 4) is 0 Å². The van der Waals surface area contributed by atoms with Crippen LogP contribution in [0.5, 0.6) is 0 Å². The number of nitrogens with zero attached hydrogens (tertiary/aromatic N) is 1. The van der Waals surface area contributed by atoms with Crippen molar-refractivity contribution in [2.45, 2.75) is 25.8 Å². The molecule has 0 aliphatic carbocycles. The van der Waals surface area contributed by atoms with Crippen molar-refractivity contribution < 1.29 is 4.79 Å². The molecule has 0 aliphatic heterocycles. The van der Waals surface area contributed by atoms with Crippen LogP contribution >= 0.6 is 15.9 Å². The molecule has 1 amide bonds. The SMILES string of the molecule is CN(C)c1cccc(C(=O)NC(C)(C)CCBr)c1. The molecule has 0 atom stereocenters. The minimum atomic E-state index is -0.200. The largest absolute Gasteiger partial charge is 0.378 e. The first kappa shape index (κ1) is 15.0. The van der Waals surface area contributed by atoms with Crippen LogP contribution in [0.2, 0.25) is 0 Å². The third kappa shape index (κ3) is 4.33. The maximum atomic E-state index is 12.2. The van der Waals surface area contributed by atoms with Gasteiger partial charge in [-0.25, -0.2) is 0 Å². The van der Waals surface area contributed by atoms with E-state index < -0.39 is 0 Å². The van der Waals surface area contributed by atoms with Gasteiger partial charge in [0.05, 0.1) is 0 Å². The molecular weight excluding hydrogens is 292 g/mol. The van der Waals surface area contributed by atoms with Crippen LogP contribution < -0.4 is 10.2 Å². The number of nitrogens with one attached hydrogen (secondary N) is 1. The zero-order valence-electron chi connectivity index (χ0n) is 11.5. The fraction of sp³-hybridized carbons (Fsp3) is 0.500. The Labute approximate surface area is 118 Å². The quantitative estimate of drug-likeness (QED) is 0.848. The monoisotopic (exact) mass is 312 g/mol. The highest BCUT2D eigenvalue weighted by molar-refractivity contribution is 9.09. The Bertz CT molecular complexity index is 416. The maximum Gasteiger partial charge on any atom is 0.251 e. The average Bonchev–Trinajstić information content (AvgIpc) is 2.28. The molecule has 0 saturated heterocycles. The summed E-state index contributed by atoms with van der Waals surface area (Å²) in [7, 11) is 3.93. The second kappa shape index (κ2) is 6.23. The van der Waals surface area contributed by atoms with Gasteiger partial charge >= 0.3 is 0 Å². The zero-order valence-corrected chi connectivity index (χ0v) is 13.0. The van der Waals surface area contributed by atoms with E-state index in [1.807, 2.05) is 57.1 Å². The number of benzene rings is 1. The lowest BCUT2D eigenvalue weighted by atomic mass is 10.0. The number of hydrogen-bond donors (Lipinski definition) is 1. The summed E-state index contributed by atoms with van der Waals surface area (Å²) in [6.07, 6.45) is 0.895. The molecule has 0 heterocycles. The molecular formula is C14H21BrN2O. The van der Waals surface area contributed by atoms with Crippen LogP contribution in [-0.2, 0) is 0 Å². The predicted molar refractivity (Wildman–Crippen MR) is 80.7 cm³/mol. The van der Waals surface area contributed by atoms with Crippen molar-refractivity contribution in [1.29, 1.82) is 0 Å². The van der Waals surface area contributed by atoms with Crippen LogP contribution in [0, 0.1) is 0 Å². The lowest BCUT2D eigenvalue weighted by Crippen LogP contribution is -2.43. The first-order chi connectivity index (χ1) is 8.35. The molecule has 100 valence electrons. The van der Waals surface area contributed by atoms with Gasteiger partial charge in [-0.15, -0.1) is 0 Å². The topological polar surface area (TPSA) is 32.3 Å². The van der Waals surface area contributed by atoms with Gasteiger partial charge in [-0.05, 0) is 38.5 Å². The smallest absolute Gasteiger partial charge is 0.251 e. The Morgan fingerprint density at radius 1 is 1.39 bits per heavy atom. The van der Waals surface area contributed by atoms with Crippen molar-refractivity contribution in [3.05, 3.63) is 29.8 Å². The molecule has 4 heteroatoms. The number of rotatable bonds is 5. The van der Waals surface area contributed by atoms with Crippen LogP contribution in [0.25, 0.3) is 0 Å². The molecule has 1 aromatic carbocycles. The van der Waals surface area contributed by atoms with Gasteiger partial charge in [0.15, 0.2) is 0 Å². The Morgan fingerprint density at radius 3 is 2.61 bits per heavy atom. The number of hydrogen-bond acceptors (Lipinski definition) is 2. The molecule has 0 unspecified atom stereocenters.